The number of carbonyl (C=O) groups is 2. The van der Waals surface area contributed by atoms with Crippen molar-refractivity contribution in [3.05, 3.63) is 0 Å². The average molecular weight is 293 g/mol. The second kappa shape index (κ2) is 5.98. The Morgan fingerprint density at radius 3 is 2.43 bits per heavy atom. The Hall–Kier alpha value is -1.06. The highest BCUT2D eigenvalue weighted by Crippen LogP contribution is 2.49. The molecule has 0 aromatic carbocycles. The first-order valence-corrected chi connectivity index (χ1v) is 8.57. The molecule has 0 heterocycles. The molecule has 2 bridgehead atoms. The molecule has 118 valence electrons. The van der Waals surface area contributed by atoms with Gasteiger partial charge in [0.25, 0.3) is 0 Å². The zero-order chi connectivity index (χ0) is 15.0. The fourth-order valence-corrected chi connectivity index (χ4v) is 5.01. The van der Waals surface area contributed by atoms with Crippen molar-refractivity contribution in [1.82, 2.24) is 5.32 Å². The Morgan fingerprint density at radius 1 is 1.05 bits per heavy atom. The van der Waals surface area contributed by atoms with Crippen LogP contribution in [0, 0.1) is 29.6 Å². The Bertz CT molecular complexity index is 422. The number of carboxylic acid groups (broad SMARTS) is 1. The molecule has 0 saturated heterocycles. The van der Waals surface area contributed by atoms with Crippen LogP contribution >= 0.6 is 0 Å². The molecule has 0 aromatic heterocycles. The van der Waals surface area contributed by atoms with Gasteiger partial charge in [-0.3, -0.25) is 9.59 Å². The van der Waals surface area contributed by atoms with E-state index in [0.717, 1.165) is 31.1 Å². The minimum absolute atomic E-state index is 0.0937. The molecule has 0 spiro atoms. The zero-order valence-corrected chi connectivity index (χ0v) is 12.9. The highest BCUT2D eigenvalue weighted by Gasteiger charge is 2.42. The van der Waals surface area contributed by atoms with Gasteiger partial charge < -0.3 is 10.4 Å². The lowest BCUT2D eigenvalue weighted by Gasteiger charge is -2.31. The van der Waals surface area contributed by atoms with Gasteiger partial charge in [-0.1, -0.05) is 12.8 Å². The largest absolute Gasteiger partial charge is 0.481 e. The van der Waals surface area contributed by atoms with Crippen LogP contribution in [-0.4, -0.2) is 23.0 Å². The summed E-state index contributed by atoms with van der Waals surface area (Å²) in [7, 11) is 0. The van der Waals surface area contributed by atoms with E-state index in [1.54, 1.807) is 0 Å². The van der Waals surface area contributed by atoms with Crippen molar-refractivity contribution in [2.45, 2.75) is 64.3 Å². The van der Waals surface area contributed by atoms with Gasteiger partial charge in [0.05, 0.1) is 5.92 Å². The van der Waals surface area contributed by atoms with Gasteiger partial charge in [-0.25, -0.2) is 0 Å². The third-order valence-electron chi connectivity index (χ3n) is 6.20. The number of fused-ring (bicyclic) bond motifs is 2. The Kier molecular flexibility index (Phi) is 4.23. The lowest BCUT2D eigenvalue weighted by molar-refractivity contribution is -0.144. The van der Waals surface area contributed by atoms with Crippen LogP contribution in [-0.2, 0) is 9.59 Å². The number of hydrogen-bond acceptors (Lipinski definition) is 2. The molecule has 3 fully saturated rings. The second-order valence-corrected chi connectivity index (χ2v) is 7.53. The third-order valence-corrected chi connectivity index (χ3v) is 6.20. The average Bonchev–Trinajstić information content (AvgIpc) is 3.10. The van der Waals surface area contributed by atoms with Crippen molar-refractivity contribution in [3.8, 4) is 0 Å². The van der Waals surface area contributed by atoms with E-state index >= 15 is 0 Å². The normalized spacial score (nSPS) is 40.0. The van der Waals surface area contributed by atoms with E-state index in [2.05, 4.69) is 12.2 Å². The molecule has 6 atom stereocenters. The first-order valence-electron chi connectivity index (χ1n) is 8.57. The number of rotatable bonds is 4. The fraction of sp³-hybridized carbons (Fsp3) is 0.882. The number of carboxylic acids is 1. The first-order chi connectivity index (χ1) is 10.0. The van der Waals surface area contributed by atoms with Gasteiger partial charge in [0.2, 0.25) is 5.91 Å². The molecule has 3 rings (SSSR count). The van der Waals surface area contributed by atoms with Crippen molar-refractivity contribution in [2.75, 3.05) is 0 Å². The van der Waals surface area contributed by atoms with E-state index in [-0.39, 0.29) is 23.8 Å². The van der Waals surface area contributed by atoms with Crippen molar-refractivity contribution >= 4 is 11.9 Å². The molecular weight excluding hydrogens is 266 g/mol. The summed E-state index contributed by atoms with van der Waals surface area (Å²) in [4.78, 5) is 23.5. The van der Waals surface area contributed by atoms with E-state index in [1.165, 1.54) is 25.7 Å². The Labute approximate surface area is 126 Å². The number of aliphatic carboxylic acids is 1. The first kappa shape index (κ1) is 14.9. The molecule has 2 N–H and O–H groups in total. The molecule has 0 aliphatic heterocycles. The van der Waals surface area contributed by atoms with Crippen LogP contribution in [0.25, 0.3) is 0 Å². The molecule has 4 heteroatoms. The molecule has 3 aliphatic rings. The fourth-order valence-electron chi connectivity index (χ4n) is 5.01. The van der Waals surface area contributed by atoms with Crippen molar-refractivity contribution < 1.29 is 14.7 Å². The summed E-state index contributed by atoms with van der Waals surface area (Å²) < 4.78 is 0. The molecule has 3 saturated carbocycles. The van der Waals surface area contributed by atoms with Crippen LogP contribution in [0.3, 0.4) is 0 Å². The molecule has 0 aromatic rings. The molecule has 21 heavy (non-hydrogen) atoms. The molecule has 0 radical (unpaired) electrons. The lowest BCUT2D eigenvalue weighted by atomic mass is 9.80. The van der Waals surface area contributed by atoms with Crippen LogP contribution in [0.2, 0.25) is 0 Å². The summed E-state index contributed by atoms with van der Waals surface area (Å²) in [5.41, 5.74) is 0. The minimum atomic E-state index is -0.742. The Balaban J connectivity index is 1.52. The predicted molar refractivity (Wildman–Crippen MR) is 79.6 cm³/mol. The summed E-state index contributed by atoms with van der Waals surface area (Å²) in [5, 5.41) is 12.3. The molecule has 1 amide bonds. The molecule has 3 aliphatic carbocycles. The van der Waals surface area contributed by atoms with Crippen LogP contribution in [0.15, 0.2) is 0 Å². The lowest BCUT2D eigenvalue weighted by Crippen LogP contribution is -2.44. The van der Waals surface area contributed by atoms with E-state index in [0.29, 0.717) is 12.3 Å². The SMILES string of the molecule is CC(NC(=O)C1CCCC(C(=O)O)C1)C1CC2CCC1C2. The monoisotopic (exact) mass is 293 g/mol. The summed E-state index contributed by atoms with van der Waals surface area (Å²) in [6.45, 7) is 2.14. The van der Waals surface area contributed by atoms with Gasteiger partial charge in [0.15, 0.2) is 0 Å². The van der Waals surface area contributed by atoms with Crippen LogP contribution in [0.4, 0.5) is 0 Å². The number of amides is 1. The van der Waals surface area contributed by atoms with Crippen molar-refractivity contribution in [3.63, 3.8) is 0 Å². The molecule has 4 nitrogen and oxygen atoms in total. The maximum atomic E-state index is 12.4. The van der Waals surface area contributed by atoms with Crippen molar-refractivity contribution in [1.29, 1.82) is 0 Å². The maximum absolute atomic E-state index is 12.4. The van der Waals surface area contributed by atoms with Crippen molar-refractivity contribution in [2.24, 2.45) is 29.6 Å². The van der Waals surface area contributed by atoms with E-state index in [9.17, 15) is 9.59 Å². The minimum Gasteiger partial charge on any atom is -0.481 e. The van der Waals surface area contributed by atoms with Gasteiger partial charge in [0.1, 0.15) is 0 Å². The third kappa shape index (κ3) is 3.09. The standard InChI is InChI=1S/C17H27NO3/c1-10(15-8-11-5-6-12(15)7-11)18-16(19)13-3-2-4-14(9-13)17(20)21/h10-15H,2-9H2,1H3,(H,18,19)(H,20,21). The van der Waals surface area contributed by atoms with Gasteiger partial charge in [-0.2, -0.15) is 0 Å². The smallest absolute Gasteiger partial charge is 0.306 e. The van der Waals surface area contributed by atoms with E-state index in [1.807, 2.05) is 0 Å². The summed E-state index contributed by atoms with van der Waals surface area (Å²) in [6.07, 6.45) is 8.29. The maximum Gasteiger partial charge on any atom is 0.306 e. The van der Waals surface area contributed by atoms with Gasteiger partial charge in [-0.15, -0.1) is 0 Å². The van der Waals surface area contributed by atoms with Crippen LogP contribution < -0.4 is 5.32 Å². The van der Waals surface area contributed by atoms with Gasteiger partial charge in [0, 0.05) is 12.0 Å². The number of nitrogens with one attached hydrogen (secondary N) is 1. The van der Waals surface area contributed by atoms with E-state index < -0.39 is 5.97 Å². The van der Waals surface area contributed by atoms with Crippen LogP contribution in [0.5, 0.6) is 0 Å². The van der Waals surface area contributed by atoms with Crippen LogP contribution in [0.1, 0.15) is 58.3 Å². The number of hydrogen-bond donors (Lipinski definition) is 2. The zero-order valence-electron chi connectivity index (χ0n) is 12.9. The summed E-state index contributed by atoms with van der Waals surface area (Å²) in [5.74, 6) is 1.28. The summed E-state index contributed by atoms with van der Waals surface area (Å²) >= 11 is 0. The second-order valence-electron chi connectivity index (χ2n) is 7.53. The molecule has 6 unspecified atom stereocenters. The van der Waals surface area contributed by atoms with E-state index in [4.69, 9.17) is 5.11 Å². The van der Waals surface area contributed by atoms with Gasteiger partial charge >= 0.3 is 5.97 Å². The highest BCUT2D eigenvalue weighted by molar-refractivity contribution is 5.80. The topological polar surface area (TPSA) is 66.4 Å². The molecular formula is C17H27NO3. The van der Waals surface area contributed by atoms with Gasteiger partial charge in [-0.05, 0) is 63.2 Å². The number of carbonyl (C=O) groups excluding carboxylic acids is 1. The highest BCUT2D eigenvalue weighted by atomic mass is 16.4. The predicted octanol–water partition coefficient (Wildman–Crippen LogP) is 2.82. The summed E-state index contributed by atoms with van der Waals surface area (Å²) in [6, 6.07) is 0.248. The Morgan fingerprint density at radius 2 is 1.81 bits per heavy atom. The quantitative estimate of drug-likeness (QED) is 0.837.